The minimum Gasteiger partial charge on any atom is -0.308 e. The van der Waals surface area contributed by atoms with Crippen molar-refractivity contribution >= 4 is 0 Å². The summed E-state index contributed by atoms with van der Waals surface area (Å²) in [7, 11) is 4.29. The molecule has 0 atom stereocenters. The van der Waals surface area contributed by atoms with Crippen LogP contribution in [0.3, 0.4) is 0 Å². The highest BCUT2D eigenvalue weighted by atomic mass is 15.2. The highest BCUT2D eigenvalue weighted by molar-refractivity contribution is 5.14. The molecule has 18 heavy (non-hydrogen) atoms. The minimum absolute atomic E-state index is 1.08. The fraction of sp³-hybridized carbons (Fsp3) is 0.625. The first-order valence-electron chi connectivity index (χ1n) is 7.13. The molecule has 0 radical (unpaired) electrons. The molecule has 0 saturated heterocycles. The second-order valence-electron chi connectivity index (χ2n) is 5.27. The average molecular weight is 248 g/mol. The number of benzene rings is 1. The molecule has 0 N–H and O–H groups in total. The zero-order valence-corrected chi connectivity index (χ0v) is 12.2. The van der Waals surface area contributed by atoms with Crippen molar-refractivity contribution in [2.45, 2.75) is 32.7 Å². The second kappa shape index (κ2) is 9.12. The summed E-state index contributed by atoms with van der Waals surface area (Å²) < 4.78 is 0. The second-order valence-corrected chi connectivity index (χ2v) is 5.27. The van der Waals surface area contributed by atoms with Crippen LogP contribution >= 0.6 is 0 Å². The van der Waals surface area contributed by atoms with Gasteiger partial charge in [-0.1, -0.05) is 50.1 Å². The van der Waals surface area contributed by atoms with Crippen LogP contribution in [-0.4, -0.2) is 43.5 Å². The molecule has 0 unspecified atom stereocenters. The quantitative estimate of drug-likeness (QED) is 0.619. The number of hydrogen-bond acceptors (Lipinski definition) is 2. The van der Waals surface area contributed by atoms with Crippen LogP contribution in [0, 0.1) is 0 Å². The Morgan fingerprint density at radius 2 is 1.61 bits per heavy atom. The van der Waals surface area contributed by atoms with E-state index in [1.54, 1.807) is 0 Å². The molecule has 0 fully saturated rings. The Balaban J connectivity index is 2.42. The predicted octanol–water partition coefficient (Wildman–Crippen LogP) is 3.24. The fourth-order valence-electron chi connectivity index (χ4n) is 2.04. The molecule has 0 bridgehead atoms. The van der Waals surface area contributed by atoms with Crippen LogP contribution in [0.5, 0.6) is 0 Å². The van der Waals surface area contributed by atoms with Gasteiger partial charge in [0.05, 0.1) is 0 Å². The van der Waals surface area contributed by atoms with Crippen LogP contribution in [0.15, 0.2) is 30.3 Å². The fourth-order valence-corrected chi connectivity index (χ4v) is 2.04. The molecule has 102 valence electrons. The molecule has 1 aromatic carbocycles. The van der Waals surface area contributed by atoms with Crippen molar-refractivity contribution in [2.24, 2.45) is 0 Å². The Morgan fingerprint density at radius 3 is 2.22 bits per heavy atom. The zero-order chi connectivity index (χ0) is 13.2. The van der Waals surface area contributed by atoms with Gasteiger partial charge in [0.15, 0.2) is 0 Å². The largest absolute Gasteiger partial charge is 0.308 e. The minimum atomic E-state index is 1.08. The smallest absolute Gasteiger partial charge is 0.0234 e. The molecular weight excluding hydrogens is 220 g/mol. The zero-order valence-electron chi connectivity index (χ0n) is 12.2. The first-order valence-corrected chi connectivity index (χ1v) is 7.13. The normalized spacial score (nSPS) is 11.4. The number of nitrogens with zero attached hydrogens (tertiary/aromatic N) is 2. The van der Waals surface area contributed by atoms with Crippen molar-refractivity contribution in [2.75, 3.05) is 33.7 Å². The van der Waals surface area contributed by atoms with Crippen LogP contribution in [0.4, 0.5) is 0 Å². The summed E-state index contributed by atoms with van der Waals surface area (Å²) >= 11 is 0. The van der Waals surface area contributed by atoms with Gasteiger partial charge >= 0.3 is 0 Å². The Kier molecular flexibility index (Phi) is 7.70. The number of likely N-dealkylation sites (N-methyl/N-ethyl adjacent to an activating group) is 1. The van der Waals surface area contributed by atoms with E-state index >= 15 is 0 Å². The summed E-state index contributed by atoms with van der Waals surface area (Å²) in [6, 6.07) is 10.8. The van der Waals surface area contributed by atoms with Crippen molar-refractivity contribution in [3.05, 3.63) is 35.9 Å². The molecule has 0 aliphatic heterocycles. The standard InChI is InChI=1S/C16H28N2/c1-4-5-9-12-18(14-13-17(2)3)15-16-10-7-6-8-11-16/h6-8,10-11H,4-5,9,12-15H2,1-3H3. The molecule has 0 aromatic heterocycles. The Hall–Kier alpha value is -0.860. The molecule has 0 spiro atoms. The van der Waals surface area contributed by atoms with E-state index in [1.807, 2.05) is 0 Å². The van der Waals surface area contributed by atoms with E-state index < -0.39 is 0 Å². The van der Waals surface area contributed by atoms with Gasteiger partial charge in [0.2, 0.25) is 0 Å². The molecule has 0 saturated carbocycles. The molecule has 0 aliphatic rings. The number of hydrogen-bond donors (Lipinski definition) is 0. The lowest BCUT2D eigenvalue weighted by atomic mass is 10.2. The van der Waals surface area contributed by atoms with Crippen molar-refractivity contribution in [1.29, 1.82) is 0 Å². The summed E-state index contributed by atoms with van der Waals surface area (Å²) in [5.41, 5.74) is 1.42. The first kappa shape index (κ1) is 15.2. The third-order valence-electron chi connectivity index (χ3n) is 3.19. The van der Waals surface area contributed by atoms with Crippen LogP contribution < -0.4 is 0 Å². The Morgan fingerprint density at radius 1 is 0.889 bits per heavy atom. The monoisotopic (exact) mass is 248 g/mol. The van der Waals surface area contributed by atoms with Crippen LogP contribution in [-0.2, 0) is 6.54 Å². The lowest BCUT2D eigenvalue weighted by molar-refractivity contribution is 0.229. The number of unbranched alkanes of at least 4 members (excludes halogenated alkanes) is 2. The van der Waals surface area contributed by atoms with Gasteiger partial charge in [0.25, 0.3) is 0 Å². The van der Waals surface area contributed by atoms with Gasteiger partial charge in [-0.3, -0.25) is 4.90 Å². The van der Waals surface area contributed by atoms with Gasteiger partial charge in [-0.2, -0.15) is 0 Å². The summed E-state index contributed by atoms with van der Waals surface area (Å²) in [6.07, 6.45) is 3.96. The molecule has 1 rings (SSSR count). The molecule has 2 heteroatoms. The van der Waals surface area contributed by atoms with Gasteiger partial charge in [0, 0.05) is 19.6 Å². The van der Waals surface area contributed by atoms with Crippen molar-refractivity contribution in [3.63, 3.8) is 0 Å². The maximum Gasteiger partial charge on any atom is 0.0234 e. The van der Waals surface area contributed by atoms with E-state index in [2.05, 4.69) is 61.2 Å². The van der Waals surface area contributed by atoms with E-state index in [1.165, 1.54) is 31.4 Å². The van der Waals surface area contributed by atoms with E-state index in [-0.39, 0.29) is 0 Å². The van der Waals surface area contributed by atoms with E-state index in [0.717, 1.165) is 19.6 Å². The Bertz CT molecular complexity index is 295. The lowest BCUT2D eigenvalue weighted by Gasteiger charge is -2.24. The van der Waals surface area contributed by atoms with Crippen molar-refractivity contribution < 1.29 is 0 Å². The first-order chi connectivity index (χ1) is 8.72. The van der Waals surface area contributed by atoms with E-state index in [4.69, 9.17) is 0 Å². The van der Waals surface area contributed by atoms with Crippen LogP contribution in [0.1, 0.15) is 31.7 Å². The maximum atomic E-state index is 2.57. The Labute approximate surface area is 113 Å². The SMILES string of the molecule is CCCCCN(CCN(C)C)Cc1ccccc1. The molecular formula is C16H28N2. The lowest BCUT2D eigenvalue weighted by Crippen LogP contribution is -2.32. The summed E-state index contributed by atoms with van der Waals surface area (Å²) in [4.78, 5) is 4.84. The van der Waals surface area contributed by atoms with Gasteiger partial charge in [-0.25, -0.2) is 0 Å². The van der Waals surface area contributed by atoms with Crippen LogP contribution in [0.25, 0.3) is 0 Å². The molecule has 0 amide bonds. The van der Waals surface area contributed by atoms with Gasteiger partial charge < -0.3 is 4.90 Å². The molecule has 1 aromatic rings. The number of rotatable bonds is 9. The van der Waals surface area contributed by atoms with Crippen molar-refractivity contribution in [1.82, 2.24) is 9.80 Å². The third-order valence-corrected chi connectivity index (χ3v) is 3.19. The molecule has 0 heterocycles. The molecule has 0 aliphatic carbocycles. The topological polar surface area (TPSA) is 6.48 Å². The van der Waals surface area contributed by atoms with E-state index in [9.17, 15) is 0 Å². The highest BCUT2D eigenvalue weighted by Gasteiger charge is 2.06. The third kappa shape index (κ3) is 6.77. The van der Waals surface area contributed by atoms with Crippen molar-refractivity contribution in [3.8, 4) is 0 Å². The predicted molar refractivity (Wildman–Crippen MR) is 79.8 cm³/mol. The average Bonchev–Trinajstić information content (AvgIpc) is 2.37. The van der Waals surface area contributed by atoms with E-state index in [0.29, 0.717) is 0 Å². The van der Waals surface area contributed by atoms with Crippen LogP contribution in [0.2, 0.25) is 0 Å². The maximum absolute atomic E-state index is 2.57. The molecule has 2 nitrogen and oxygen atoms in total. The summed E-state index contributed by atoms with van der Waals surface area (Å²) in [5.74, 6) is 0. The van der Waals surface area contributed by atoms with Gasteiger partial charge in [0.1, 0.15) is 0 Å². The highest BCUT2D eigenvalue weighted by Crippen LogP contribution is 2.06. The van der Waals surface area contributed by atoms with Gasteiger partial charge in [-0.05, 0) is 32.6 Å². The summed E-state index contributed by atoms with van der Waals surface area (Å²) in [5, 5.41) is 0. The summed E-state index contributed by atoms with van der Waals surface area (Å²) in [6.45, 7) is 6.86. The van der Waals surface area contributed by atoms with Gasteiger partial charge in [-0.15, -0.1) is 0 Å².